The maximum atomic E-state index is 10.6. The van der Waals surface area contributed by atoms with Gasteiger partial charge in [0.1, 0.15) is 6.29 Å². The van der Waals surface area contributed by atoms with Crippen LogP contribution in [0.15, 0.2) is 12.4 Å². The Kier molecular flexibility index (Phi) is 3.19. The van der Waals surface area contributed by atoms with Gasteiger partial charge in [-0.05, 0) is 44.1 Å². The van der Waals surface area contributed by atoms with E-state index in [9.17, 15) is 4.79 Å². The second-order valence-electron chi connectivity index (χ2n) is 4.38. The van der Waals surface area contributed by atoms with Crippen LogP contribution >= 0.6 is 0 Å². The van der Waals surface area contributed by atoms with Gasteiger partial charge in [0.25, 0.3) is 0 Å². The van der Waals surface area contributed by atoms with E-state index in [1.807, 2.05) is 10.9 Å². The van der Waals surface area contributed by atoms with Gasteiger partial charge in [-0.15, -0.1) is 0 Å². The number of carbonyl (C=O) groups is 1. The largest absolute Gasteiger partial charge is 0.303 e. The molecule has 0 N–H and O–H groups in total. The number of hydrogen-bond donors (Lipinski definition) is 0. The van der Waals surface area contributed by atoms with Crippen LogP contribution in [0.4, 0.5) is 0 Å². The van der Waals surface area contributed by atoms with Gasteiger partial charge >= 0.3 is 0 Å². The zero-order valence-corrected chi connectivity index (χ0v) is 9.22. The highest BCUT2D eigenvalue weighted by molar-refractivity contribution is 5.53. The van der Waals surface area contributed by atoms with Gasteiger partial charge in [0, 0.05) is 18.7 Å². The van der Waals surface area contributed by atoms with Crippen molar-refractivity contribution in [2.45, 2.75) is 45.1 Å². The Balaban J connectivity index is 1.97. The quantitative estimate of drug-likeness (QED) is 0.712. The fraction of sp³-hybridized carbons (Fsp3) is 0.667. The molecule has 0 bridgehead atoms. The number of aromatic nitrogens is 2. The Bertz CT molecular complexity index is 324. The molecule has 0 spiro atoms. The van der Waals surface area contributed by atoms with Crippen LogP contribution in [0, 0.1) is 5.92 Å². The third-order valence-corrected chi connectivity index (χ3v) is 3.41. The molecule has 0 radical (unpaired) electrons. The lowest BCUT2D eigenvalue weighted by Gasteiger charge is -2.24. The highest BCUT2D eigenvalue weighted by Gasteiger charge is 2.22. The topological polar surface area (TPSA) is 34.9 Å². The Hall–Kier alpha value is -1.12. The predicted molar refractivity (Wildman–Crippen MR) is 58.7 cm³/mol. The summed E-state index contributed by atoms with van der Waals surface area (Å²) in [4.78, 5) is 10.6. The monoisotopic (exact) mass is 206 g/mol. The van der Waals surface area contributed by atoms with Crippen LogP contribution in [0.2, 0.25) is 0 Å². The van der Waals surface area contributed by atoms with Crippen LogP contribution in [0.3, 0.4) is 0 Å². The van der Waals surface area contributed by atoms with E-state index >= 15 is 0 Å². The van der Waals surface area contributed by atoms with E-state index in [1.54, 1.807) is 0 Å². The summed E-state index contributed by atoms with van der Waals surface area (Å²) in [5.41, 5.74) is 1.35. The molecule has 3 heteroatoms. The number of aldehydes is 1. The Morgan fingerprint density at radius 3 is 2.73 bits per heavy atom. The fourth-order valence-corrected chi connectivity index (χ4v) is 2.35. The lowest BCUT2D eigenvalue weighted by atomic mass is 9.80. The highest BCUT2D eigenvalue weighted by Crippen LogP contribution is 2.34. The molecule has 82 valence electrons. The third kappa shape index (κ3) is 2.28. The summed E-state index contributed by atoms with van der Waals surface area (Å²) in [5, 5.41) is 4.30. The molecule has 1 aliphatic carbocycles. The van der Waals surface area contributed by atoms with Crippen molar-refractivity contribution in [3.05, 3.63) is 18.0 Å². The molecule has 0 aromatic carbocycles. The smallest absolute Gasteiger partial charge is 0.123 e. The van der Waals surface area contributed by atoms with E-state index in [2.05, 4.69) is 18.2 Å². The molecule has 1 fully saturated rings. The van der Waals surface area contributed by atoms with E-state index < -0.39 is 0 Å². The van der Waals surface area contributed by atoms with Gasteiger partial charge in [-0.1, -0.05) is 0 Å². The highest BCUT2D eigenvalue weighted by atomic mass is 16.1. The molecule has 3 nitrogen and oxygen atoms in total. The number of nitrogens with zero attached hydrogens (tertiary/aromatic N) is 2. The Morgan fingerprint density at radius 1 is 1.47 bits per heavy atom. The van der Waals surface area contributed by atoms with Crippen molar-refractivity contribution >= 4 is 6.29 Å². The lowest BCUT2D eigenvalue weighted by Crippen LogP contribution is -2.13. The zero-order chi connectivity index (χ0) is 10.7. The van der Waals surface area contributed by atoms with Crippen molar-refractivity contribution in [2.24, 2.45) is 5.92 Å². The van der Waals surface area contributed by atoms with Crippen molar-refractivity contribution in [1.29, 1.82) is 0 Å². The second kappa shape index (κ2) is 4.60. The maximum Gasteiger partial charge on any atom is 0.123 e. The average molecular weight is 206 g/mol. The molecule has 0 atom stereocenters. The van der Waals surface area contributed by atoms with Crippen LogP contribution < -0.4 is 0 Å². The van der Waals surface area contributed by atoms with E-state index in [0.717, 1.165) is 38.5 Å². The first kappa shape index (κ1) is 10.4. The molecule has 0 aliphatic heterocycles. The van der Waals surface area contributed by atoms with E-state index in [1.165, 1.54) is 5.56 Å². The third-order valence-electron chi connectivity index (χ3n) is 3.41. The number of rotatable bonds is 3. The average Bonchev–Trinajstić information content (AvgIpc) is 2.78. The van der Waals surface area contributed by atoms with Crippen LogP contribution in [0.1, 0.15) is 44.1 Å². The molecular weight excluding hydrogens is 188 g/mol. The van der Waals surface area contributed by atoms with Crippen molar-refractivity contribution in [3.63, 3.8) is 0 Å². The minimum atomic E-state index is 0.308. The standard InChI is InChI=1S/C12H18N2O/c1-2-14-8-12(7-13-14)11-5-3-10(9-15)4-6-11/h7-11H,2-6H2,1H3/t10-,11-. The molecular formula is C12H18N2O. The first-order chi connectivity index (χ1) is 7.33. The van der Waals surface area contributed by atoms with E-state index in [4.69, 9.17) is 0 Å². The first-order valence-corrected chi connectivity index (χ1v) is 5.81. The van der Waals surface area contributed by atoms with Crippen molar-refractivity contribution in [2.75, 3.05) is 0 Å². The van der Waals surface area contributed by atoms with Gasteiger partial charge in [0.15, 0.2) is 0 Å². The molecule has 0 saturated heterocycles. The van der Waals surface area contributed by atoms with Gasteiger partial charge in [0.2, 0.25) is 0 Å². The summed E-state index contributed by atoms with van der Waals surface area (Å²) >= 11 is 0. The molecule has 1 heterocycles. The summed E-state index contributed by atoms with van der Waals surface area (Å²) in [6.07, 6.45) is 9.61. The molecule has 2 rings (SSSR count). The summed E-state index contributed by atoms with van der Waals surface area (Å²) in [7, 11) is 0. The van der Waals surface area contributed by atoms with Crippen LogP contribution in [-0.2, 0) is 11.3 Å². The second-order valence-corrected chi connectivity index (χ2v) is 4.38. The van der Waals surface area contributed by atoms with Crippen LogP contribution in [0.5, 0.6) is 0 Å². The molecule has 1 aromatic heterocycles. The molecule has 1 saturated carbocycles. The van der Waals surface area contributed by atoms with Crippen molar-refractivity contribution < 1.29 is 4.79 Å². The molecule has 0 unspecified atom stereocenters. The maximum absolute atomic E-state index is 10.6. The number of aryl methyl sites for hydroxylation is 1. The molecule has 0 amide bonds. The fourth-order valence-electron chi connectivity index (χ4n) is 2.35. The van der Waals surface area contributed by atoms with Crippen molar-refractivity contribution in [3.8, 4) is 0 Å². The molecule has 1 aromatic rings. The van der Waals surface area contributed by atoms with Gasteiger partial charge in [-0.3, -0.25) is 4.68 Å². The summed E-state index contributed by atoms with van der Waals surface area (Å²) in [6.45, 7) is 3.03. The summed E-state index contributed by atoms with van der Waals surface area (Å²) in [5.74, 6) is 0.934. The van der Waals surface area contributed by atoms with Gasteiger partial charge < -0.3 is 4.79 Å². The first-order valence-electron chi connectivity index (χ1n) is 5.81. The van der Waals surface area contributed by atoms with Crippen LogP contribution in [-0.4, -0.2) is 16.1 Å². The van der Waals surface area contributed by atoms with E-state index in [-0.39, 0.29) is 0 Å². The SMILES string of the molecule is CCn1cc([C@H]2CC[C@H](C=O)CC2)cn1. The normalized spacial score (nSPS) is 26.5. The van der Waals surface area contributed by atoms with Gasteiger partial charge in [-0.2, -0.15) is 5.10 Å². The number of carbonyl (C=O) groups excluding carboxylic acids is 1. The zero-order valence-electron chi connectivity index (χ0n) is 9.22. The molecule has 15 heavy (non-hydrogen) atoms. The van der Waals surface area contributed by atoms with Gasteiger partial charge in [0.05, 0.1) is 6.20 Å². The Labute approximate surface area is 90.5 Å². The minimum absolute atomic E-state index is 0.308. The summed E-state index contributed by atoms with van der Waals surface area (Å²) < 4.78 is 1.97. The van der Waals surface area contributed by atoms with Crippen molar-refractivity contribution in [1.82, 2.24) is 9.78 Å². The molecule has 1 aliphatic rings. The number of hydrogen-bond acceptors (Lipinski definition) is 2. The lowest BCUT2D eigenvalue weighted by molar-refractivity contribution is -0.111. The predicted octanol–water partition coefficient (Wildman–Crippen LogP) is 2.38. The Morgan fingerprint density at radius 2 is 2.20 bits per heavy atom. The summed E-state index contributed by atoms with van der Waals surface area (Å²) in [6, 6.07) is 0. The van der Waals surface area contributed by atoms with E-state index in [0.29, 0.717) is 11.8 Å². The van der Waals surface area contributed by atoms with Gasteiger partial charge in [-0.25, -0.2) is 0 Å². The minimum Gasteiger partial charge on any atom is -0.303 e. The van der Waals surface area contributed by atoms with Crippen LogP contribution in [0.25, 0.3) is 0 Å².